The maximum absolute atomic E-state index is 13.2. The summed E-state index contributed by atoms with van der Waals surface area (Å²) in [7, 11) is 4.54. The Bertz CT molecular complexity index is 1580. The normalized spacial score (nSPS) is 24.4. The lowest BCUT2D eigenvalue weighted by Gasteiger charge is -2.42. The van der Waals surface area contributed by atoms with Gasteiger partial charge >= 0.3 is 6.09 Å². The Kier molecular flexibility index (Phi) is 7.19. The number of benzene rings is 3. The Morgan fingerprint density at radius 1 is 0.952 bits per heavy atom. The van der Waals surface area contributed by atoms with Crippen LogP contribution in [0.1, 0.15) is 66.0 Å². The first-order chi connectivity index (χ1) is 20.5. The summed E-state index contributed by atoms with van der Waals surface area (Å²) in [5, 5.41) is 1.27. The summed E-state index contributed by atoms with van der Waals surface area (Å²) in [6.07, 6.45) is 3.68. The summed E-state index contributed by atoms with van der Waals surface area (Å²) in [4.78, 5) is 24.0. The summed E-state index contributed by atoms with van der Waals surface area (Å²) in [6, 6.07) is 26.9. The highest BCUT2D eigenvalue weighted by atomic mass is 16.6. The number of rotatable bonds is 3. The molecule has 4 unspecified atom stereocenters. The fraction of sp³-hybridized carbons (Fsp3) is 0.417. The van der Waals surface area contributed by atoms with E-state index in [1.165, 1.54) is 45.4 Å². The van der Waals surface area contributed by atoms with Gasteiger partial charge in [0.15, 0.2) is 0 Å². The number of fused-ring (bicyclic) bond motifs is 6. The van der Waals surface area contributed by atoms with Crippen molar-refractivity contribution in [2.45, 2.75) is 63.1 Å². The molecule has 1 aromatic heterocycles. The molecule has 0 saturated carbocycles. The summed E-state index contributed by atoms with van der Waals surface area (Å²) in [5.41, 5.74) is 9.14. The second kappa shape index (κ2) is 11.1. The molecule has 218 valence electrons. The van der Waals surface area contributed by atoms with Crippen LogP contribution in [-0.2, 0) is 17.8 Å². The van der Waals surface area contributed by atoms with Crippen LogP contribution in [0.5, 0.6) is 0 Å². The number of anilines is 1. The Morgan fingerprint density at radius 2 is 1.76 bits per heavy atom. The average Bonchev–Trinajstić information content (AvgIpc) is 3.54. The number of aromatic amines is 1. The van der Waals surface area contributed by atoms with E-state index in [1.807, 2.05) is 35.2 Å². The van der Waals surface area contributed by atoms with Crippen molar-refractivity contribution in [2.75, 3.05) is 38.6 Å². The molecule has 1 fully saturated rings. The molecule has 0 aliphatic carbocycles. The van der Waals surface area contributed by atoms with E-state index in [0.29, 0.717) is 37.7 Å². The van der Waals surface area contributed by atoms with Gasteiger partial charge in [-0.05, 0) is 80.6 Å². The summed E-state index contributed by atoms with van der Waals surface area (Å²) >= 11 is 0. The number of nitrogens with one attached hydrogen (secondary N) is 1. The molecule has 6 heteroatoms. The molecular formula is C36H42N4O2. The van der Waals surface area contributed by atoms with Crippen LogP contribution in [0, 0.1) is 0 Å². The number of hydrogen-bond acceptors (Lipinski definition) is 4. The van der Waals surface area contributed by atoms with Crippen LogP contribution in [-0.4, -0.2) is 66.7 Å². The molecule has 42 heavy (non-hydrogen) atoms. The zero-order valence-electron chi connectivity index (χ0n) is 25.1. The van der Waals surface area contributed by atoms with E-state index in [9.17, 15) is 4.79 Å². The number of carbonyl (C=O) groups excluding carboxylic acids is 1. The minimum Gasteiger partial charge on any atom is -0.445 e. The van der Waals surface area contributed by atoms with Crippen LogP contribution in [0.4, 0.5) is 10.5 Å². The lowest BCUT2D eigenvalue weighted by Crippen LogP contribution is -2.52. The maximum atomic E-state index is 13.2. The number of aromatic nitrogens is 1. The molecule has 7 rings (SSSR count). The van der Waals surface area contributed by atoms with E-state index in [2.05, 4.69) is 78.3 Å². The van der Waals surface area contributed by atoms with Gasteiger partial charge in [-0.1, -0.05) is 60.7 Å². The predicted molar refractivity (Wildman–Crippen MR) is 169 cm³/mol. The Morgan fingerprint density at radius 3 is 2.62 bits per heavy atom. The standard InChI is InChI=1S/C36H42N4O2/c1-24-35-30(17-20-38(24)2)31-22-26(15-16-33(31)39(35)3)27-13-9-19-40(36(41)42-23-25-10-5-4-6-11-25)21-18-29-28-12-7-8-14-32(28)37-34(27)29/h4-8,10-12,14-16,22,24,27,30,35,37H,9,13,17-21,23H2,1-3H3. The molecule has 1 N–H and O–H groups in total. The number of ether oxygens (including phenoxy) is 1. The molecule has 4 aromatic rings. The Balaban J connectivity index is 1.20. The monoisotopic (exact) mass is 562 g/mol. The van der Waals surface area contributed by atoms with E-state index in [4.69, 9.17) is 4.74 Å². The molecule has 0 radical (unpaired) electrons. The quantitative estimate of drug-likeness (QED) is 0.295. The smallest absolute Gasteiger partial charge is 0.410 e. The number of piperidine rings is 1. The van der Waals surface area contributed by atoms with E-state index >= 15 is 0 Å². The minimum atomic E-state index is -0.221. The number of H-pyrrole nitrogens is 1. The van der Waals surface area contributed by atoms with Crippen molar-refractivity contribution in [3.63, 3.8) is 0 Å². The number of carbonyl (C=O) groups is 1. The van der Waals surface area contributed by atoms with Crippen molar-refractivity contribution in [1.29, 1.82) is 0 Å². The minimum absolute atomic E-state index is 0.221. The summed E-state index contributed by atoms with van der Waals surface area (Å²) < 4.78 is 5.77. The van der Waals surface area contributed by atoms with E-state index < -0.39 is 0 Å². The molecule has 3 aliphatic heterocycles. The molecular weight excluding hydrogens is 520 g/mol. The highest BCUT2D eigenvalue weighted by Gasteiger charge is 2.44. The number of nitrogens with zero attached hydrogens (tertiary/aromatic N) is 3. The molecule has 1 amide bonds. The first kappa shape index (κ1) is 27.1. The van der Waals surface area contributed by atoms with Crippen LogP contribution in [0.25, 0.3) is 10.9 Å². The summed E-state index contributed by atoms with van der Waals surface area (Å²) in [5.74, 6) is 0.829. The molecule has 4 atom stereocenters. The first-order valence-electron chi connectivity index (χ1n) is 15.6. The number of amides is 1. The van der Waals surface area contributed by atoms with Gasteiger partial charge in [-0.25, -0.2) is 4.79 Å². The second-order valence-corrected chi connectivity index (χ2v) is 12.6. The molecule has 1 saturated heterocycles. The Hall–Kier alpha value is -3.77. The van der Waals surface area contributed by atoms with Gasteiger partial charge in [0.1, 0.15) is 6.61 Å². The predicted octanol–water partition coefficient (Wildman–Crippen LogP) is 6.90. The third-order valence-electron chi connectivity index (χ3n) is 10.3. The van der Waals surface area contributed by atoms with Crippen LogP contribution < -0.4 is 4.90 Å². The zero-order valence-corrected chi connectivity index (χ0v) is 25.1. The highest BCUT2D eigenvalue weighted by Crippen LogP contribution is 2.48. The van der Waals surface area contributed by atoms with E-state index in [0.717, 1.165) is 31.4 Å². The summed E-state index contributed by atoms with van der Waals surface area (Å²) in [6.45, 7) is 5.18. The molecule has 3 aliphatic rings. The van der Waals surface area contributed by atoms with Crippen LogP contribution in [0.3, 0.4) is 0 Å². The third-order valence-corrected chi connectivity index (χ3v) is 10.3. The van der Waals surface area contributed by atoms with Crippen molar-refractivity contribution in [1.82, 2.24) is 14.8 Å². The van der Waals surface area contributed by atoms with Gasteiger partial charge in [0.25, 0.3) is 0 Å². The number of para-hydroxylation sites is 1. The zero-order chi connectivity index (χ0) is 28.8. The van der Waals surface area contributed by atoms with Crippen molar-refractivity contribution >= 4 is 22.7 Å². The van der Waals surface area contributed by atoms with Gasteiger partial charge in [0.2, 0.25) is 0 Å². The van der Waals surface area contributed by atoms with Gasteiger partial charge < -0.3 is 24.4 Å². The van der Waals surface area contributed by atoms with Gasteiger partial charge in [-0.3, -0.25) is 0 Å². The number of hydrogen-bond donors (Lipinski definition) is 1. The molecule has 0 spiro atoms. The third kappa shape index (κ3) is 4.76. The van der Waals surface area contributed by atoms with Crippen molar-refractivity contribution in [3.05, 3.63) is 101 Å². The number of likely N-dealkylation sites (N-methyl/N-ethyl adjacent to an activating group) is 2. The maximum Gasteiger partial charge on any atom is 0.410 e. The van der Waals surface area contributed by atoms with E-state index in [-0.39, 0.29) is 12.0 Å². The molecule has 3 aromatic carbocycles. The van der Waals surface area contributed by atoms with Crippen LogP contribution in [0.15, 0.2) is 72.8 Å². The topological polar surface area (TPSA) is 51.8 Å². The van der Waals surface area contributed by atoms with Gasteiger partial charge in [0, 0.05) is 60.3 Å². The van der Waals surface area contributed by atoms with Gasteiger partial charge in [-0.2, -0.15) is 0 Å². The lowest BCUT2D eigenvalue weighted by atomic mass is 9.82. The SMILES string of the molecule is CC1C2C(CCN1C)c1cc(C3CCCN(C(=O)OCc4ccccc4)CCc4c3[nH]c3ccccc43)ccc1N2C. The van der Waals surface area contributed by atoms with Crippen molar-refractivity contribution in [3.8, 4) is 0 Å². The van der Waals surface area contributed by atoms with Gasteiger partial charge in [-0.15, -0.1) is 0 Å². The fourth-order valence-electron chi connectivity index (χ4n) is 7.92. The molecule has 0 bridgehead atoms. The molecule has 4 heterocycles. The van der Waals surface area contributed by atoms with Crippen LogP contribution in [0.2, 0.25) is 0 Å². The van der Waals surface area contributed by atoms with Crippen molar-refractivity contribution < 1.29 is 9.53 Å². The first-order valence-corrected chi connectivity index (χ1v) is 15.6. The fourth-order valence-corrected chi connectivity index (χ4v) is 7.92. The molecule has 6 nitrogen and oxygen atoms in total. The highest BCUT2D eigenvalue weighted by molar-refractivity contribution is 5.85. The van der Waals surface area contributed by atoms with E-state index in [1.54, 1.807) is 0 Å². The van der Waals surface area contributed by atoms with Crippen molar-refractivity contribution in [2.24, 2.45) is 0 Å². The van der Waals surface area contributed by atoms with Crippen LogP contribution >= 0.6 is 0 Å². The lowest BCUT2D eigenvalue weighted by molar-refractivity contribution is 0.0960. The number of likely N-dealkylation sites (tertiary alicyclic amines) is 1. The Labute approximate surface area is 249 Å². The second-order valence-electron chi connectivity index (χ2n) is 12.6. The van der Waals surface area contributed by atoms with Gasteiger partial charge in [0.05, 0.1) is 6.04 Å². The largest absolute Gasteiger partial charge is 0.445 e. The average molecular weight is 563 g/mol.